The lowest BCUT2D eigenvalue weighted by Gasteiger charge is -2.15. The molecule has 124 valence electrons. The zero-order valence-electron chi connectivity index (χ0n) is 13.0. The highest BCUT2D eigenvalue weighted by molar-refractivity contribution is 5.95. The SMILES string of the molecule is CC(=O)Nc1cc(C)c(-c2cc(C(F)(F)F)cc3c2C=NC3)cn1. The second-order valence-corrected chi connectivity index (χ2v) is 5.63. The molecule has 4 nitrogen and oxygen atoms in total. The largest absolute Gasteiger partial charge is 0.416 e. The third-order valence-corrected chi connectivity index (χ3v) is 3.78. The van der Waals surface area contributed by atoms with Crippen LogP contribution < -0.4 is 5.32 Å². The number of hydrogen-bond donors (Lipinski definition) is 1. The summed E-state index contributed by atoms with van der Waals surface area (Å²) in [5.74, 6) is 0.0998. The molecule has 0 unspecified atom stereocenters. The second-order valence-electron chi connectivity index (χ2n) is 5.63. The van der Waals surface area contributed by atoms with E-state index in [1.165, 1.54) is 13.1 Å². The Morgan fingerprint density at radius 3 is 2.58 bits per heavy atom. The molecule has 1 aromatic carbocycles. The summed E-state index contributed by atoms with van der Waals surface area (Å²) < 4.78 is 39.5. The number of carbonyl (C=O) groups is 1. The van der Waals surface area contributed by atoms with E-state index in [0.717, 1.165) is 17.7 Å². The fourth-order valence-corrected chi connectivity index (χ4v) is 2.71. The number of aryl methyl sites for hydroxylation is 1. The van der Waals surface area contributed by atoms with Crippen LogP contribution in [0.2, 0.25) is 0 Å². The molecular weight excluding hydrogens is 319 g/mol. The van der Waals surface area contributed by atoms with E-state index in [4.69, 9.17) is 0 Å². The van der Waals surface area contributed by atoms with Crippen LogP contribution in [0.25, 0.3) is 11.1 Å². The highest BCUT2D eigenvalue weighted by Crippen LogP contribution is 2.38. The average molecular weight is 333 g/mol. The van der Waals surface area contributed by atoms with Crippen molar-refractivity contribution in [2.75, 3.05) is 5.32 Å². The predicted octanol–water partition coefficient (Wildman–Crippen LogP) is 3.97. The van der Waals surface area contributed by atoms with Gasteiger partial charge in [0.1, 0.15) is 5.82 Å². The molecule has 0 atom stereocenters. The van der Waals surface area contributed by atoms with E-state index in [9.17, 15) is 18.0 Å². The Bertz CT molecular complexity index is 857. The van der Waals surface area contributed by atoms with Crippen LogP contribution in [0.1, 0.15) is 29.2 Å². The van der Waals surface area contributed by atoms with Crippen molar-refractivity contribution in [3.05, 3.63) is 46.6 Å². The molecule has 3 rings (SSSR count). The molecule has 0 aliphatic carbocycles. The van der Waals surface area contributed by atoms with Gasteiger partial charge in [-0.25, -0.2) is 4.98 Å². The minimum Gasteiger partial charge on any atom is -0.311 e. The molecule has 7 heteroatoms. The molecule has 1 aliphatic rings. The van der Waals surface area contributed by atoms with Gasteiger partial charge >= 0.3 is 6.18 Å². The van der Waals surface area contributed by atoms with Gasteiger partial charge in [-0.1, -0.05) is 0 Å². The Hall–Kier alpha value is -2.70. The fourth-order valence-electron chi connectivity index (χ4n) is 2.71. The van der Waals surface area contributed by atoms with Gasteiger partial charge in [0.15, 0.2) is 0 Å². The third-order valence-electron chi connectivity index (χ3n) is 3.78. The van der Waals surface area contributed by atoms with Crippen molar-refractivity contribution < 1.29 is 18.0 Å². The van der Waals surface area contributed by atoms with Crippen LogP contribution in [0.3, 0.4) is 0 Å². The maximum Gasteiger partial charge on any atom is 0.416 e. The molecule has 0 fully saturated rings. The Morgan fingerprint density at radius 1 is 1.21 bits per heavy atom. The van der Waals surface area contributed by atoms with Crippen molar-refractivity contribution in [2.45, 2.75) is 26.6 Å². The lowest BCUT2D eigenvalue weighted by atomic mass is 9.93. The Balaban J connectivity index is 2.14. The van der Waals surface area contributed by atoms with Crippen LogP contribution in [0.5, 0.6) is 0 Å². The molecular formula is C17H14F3N3O. The zero-order valence-corrected chi connectivity index (χ0v) is 13.0. The van der Waals surface area contributed by atoms with E-state index in [1.807, 2.05) is 0 Å². The maximum absolute atomic E-state index is 13.2. The van der Waals surface area contributed by atoms with Crippen molar-refractivity contribution in [1.82, 2.24) is 4.98 Å². The standard InChI is InChI=1S/C17H14F3N3O/c1-9-3-16(23-10(2)24)22-8-14(9)13-5-12(17(18,19)20)4-11-6-21-7-15(11)13/h3-5,7-8H,6H2,1-2H3,(H,22,23,24). The highest BCUT2D eigenvalue weighted by Gasteiger charge is 2.32. The van der Waals surface area contributed by atoms with Crippen LogP contribution >= 0.6 is 0 Å². The number of fused-ring (bicyclic) bond motifs is 1. The number of benzene rings is 1. The summed E-state index contributed by atoms with van der Waals surface area (Å²) >= 11 is 0. The van der Waals surface area contributed by atoms with Gasteiger partial charge in [0.25, 0.3) is 0 Å². The topological polar surface area (TPSA) is 54.4 Å². The molecule has 0 bridgehead atoms. The third kappa shape index (κ3) is 3.02. The van der Waals surface area contributed by atoms with Crippen molar-refractivity contribution in [3.63, 3.8) is 0 Å². The van der Waals surface area contributed by atoms with E-state index >= 15 is 0 Å². The first-order valence-electron chi connectivity index (χ1n) is 7.24. The summed E-state index contributed by atoms with van der Waals surface area (Å²) in [5.41, 5.74) is 2.27. The quantitative estimate of drug-likeness (QED) is 0.904. The Morgan fingerprint density at radius 2 is 1.96 bits per heavy atom. The van der Waals surface area contributed by atoms with Crippen molar-refractivity contribution in [1.29, 1.82) is 0 Å². The molecule has 2 aromatic rings. The molecule has 2 heterocycles. The number of rotatable bonds is 2. The van der Waals surface area contributed by atoms with Gasteiger partial charge in [-0.3, -0.25) is 9.79 Å². The van der Waals surface area contributed by atoms with E-state index < -0.39 is 11.7 Å². The average Bonchev–Trinajstić information content (AvgIpc) is 2.93. The number of alkyl halides is 3. The number of halogens is 3. The molecule has 1 aromatic heterocycles. The number of anilines is 1. The minimum atomic E-state index is -4.43. The number of nitrogens with zero attached hydrogens (tertiary/aromatic N) is 2. The lowest BCUT2D eigenvalue weighted by Crippen LogP contribution is -2.09. The molecule has 1 amide bonds. The lowest BCUT2D eigenvalue weighted by molar-refractivity contribution is -0.137. The van der Waals surface area contributed by atoms with Gasteiger partial charge in [0, 0.05) is 30.5 Å². The number of amides is 1. The van der Waals surface area contributed by atoms with Crippen molar-refractivity contribution in [3.8, 4) is 11.1 Å². The summed E-state index contributed by atoms with van der Waals surface area (Å²) in [7, 11) is 0. The molecule has 0 spiro atoms. The summed E-state index contributed by atoms with van der Waals surface area (Å²) in [6.07, 6.45) is -1.36. The fraction of sp³-hybridized carbons (Fsp3) is 0.235. The summed E-state index contributed by atoms with van der Waals surface area (Å²) in [6, 6.07) is 3.90. The second kappa shape index (κ2) is 5.74. The molecule has 24 heavy (non-hydrogen) atoms. The van der Waals surface area contributed by atoms with E-state index in [0.29, 0.717) is 28.1 Å². The Labute approximate surface area is 136 Å². The first-order chi connectivity index (χ1) is 11.3. The van der Waals surface area contributed by atoms with Gasteiger partial charge in [-0.15, -0.1) is 0 Å². The smallest absolute Gasteiger partial charge is 0.311 e. The van der Waals surface area contributed by atoms with Gasteiger partial charge < -0.3 is 5.32 Å². The summed E-state index contributed by atoms with van der Waals surface area (Å²) in [4.78, 5) is 19.3. The predicted molar refractivity (Wildman–Crippen MR) is 85.0 cm³/mol. The molecule has 1 aliphatic heterocycles. The highest BCUT2D eigenvalue weighted by atomic mass is 19.4. The number of pyridine rings is 1. The first kappa shape index (κ1) is 16.2. The number of nitrogens with one attached hydrogen (secondary N) is 1. The van der Waals surface area contributed by atoms with Gasteiger partial charge in [-0.05, 0) is 41.8 Å². The van der Waals surface area contributed by atoms with Crippen LogP contribution in [-0.4, -0.2) is 17.1 Å². The van der Waals surface area contributed by atoms with Crippen LogP contribution in [-0.2, 0) is 17.5 Å². The normalized spacial score (nSPS) is 13.0. The molecule has 1 N–H and O–H groups in total. The number of aliphatic imine (C=N–C) groups is 1. The zero-order chi connectivity index (χ0) is 17.5. The van der Waals surface area contributed by atoms with Gasteiger partial charge in [0.05, 0.1) is 12.1 Å². The van der Waals surface area contributed by atoms with E-state index in [-0.39, 0.29) is 12.5 Å². The minimum absolute atomic E-state index is 0.239. The van der Waals surface area contributed by atoms with Gasteiger partial charge in [-0.2, -0.15) is 13.2 Å². The van der Waals surface area contributed by atoms with Crippen LogP contribution in [0.15, 0.2) is 29.4 Å². The summed E-state index contributed by atoms with van der Waals surface area (Å²) in [6.45, 7) is 3.37. The molecule has 0 saturated carbocycles. The summed E-state index contributed by atoms with van der Waals surface area (Å²) in [5, 5.41) is 2.56. The number of carbonyl (C=O) groups excluding carboxylic acids is 1. The Kier molecular flexibility index (Phi) is 3.87. The maximum atomic E-state index is 13.2. The van der Waals surface area contributed by atoms with Gasteiger partial charge in [0.2, 0.25) is 5.91 Å². The van der Waals surface area contributed by atoms with Crippen molar-refractivity contribution in [2.24, 2.45) is 4.99 Å². The van der Waals surface area contributed by atoms with Crippen molar-refractivity contribution >= 4 is 17.9 Å². The van der Waals surface area contributed by atoms with E-state index in [1.54, 1.807) is 19.2 Å². The van der Waals surface area contributed by atoms with Crippen LogP contribution in [0.4, 0.5) is 19.0 Å². The monoisotopic (exact) mass is 333 g/mol. The molecule has 0 saturated heterocycles. The molecule has 0 radical (unpaired) electrons. The van der Waals surface area contributed by atoms with E-state index in [2.05, 4.69) is 15.3 Å². The number of hydrogen-bond acceptors (Lipinski definition) is 3. The van der Waals surface area contributed by atoms with Crippen LogP contribution in [0, 0.1) is 6.92 Å². The number of aromatic nitrogens is 1. The first-order valence-corrected chi connectivity index (χ1v) is 7.24.